The largest absolute Gasteiger partial charge is 0.330 e. The molecule has 1 aromatic carbocycles. The number of benzene rings is 1. The number of rotatable bonds is 8. The number of sulfonamides is 1. The van der Waals surface area contributed by atoms with Crippen LogP contribution >= 0.6 is 0 Å². The lowest BCUT2D eigenvalue weighted by molar-refractivity contribution is 0.350. The highest BCUT2D eigenvalue weighted by atomic mass is 32.2. The van der Waals surface area contributed by atoms with E-state index in [-0.39, 0.29) is 5.41 Å². The van der Waals surface area contributed by atoms with Gasteiger partial charge in [-0.2, -0.15) is 0 Å². The molecule has 20 heavy (non-hydrogen) atoms. The predicted octanol–water partition coefficient (Wildman–Crippen LogP) is 2.29. The van der Waals surface area contributed by atoms with Crippen molar-refractivity contribution in [3.8, 4) is 0 Å². The first-order valence-corrected chi connectivity index (χ1v) is 8.58. The monoisotopic (exact) mass is 298 g/mol. The molecule has 0 spiro atoms. The molecule has 0 bridgehead atoms. The third-order valence-electron chi connectivity index (χ3n) is 3.60. The second-order valence-corrected chi connectivity index (χ2v) is 7.65. The van der Waals surface area contributed by atoms with Crippen LogP contribution in [0.4, 0.5) is 0 Å². The van der Waals surface area contributed by atoms with Gasteiger partial charge in [-0.1, -0.05) is 32.9 Å². The Hall–Kier alpha value is -0.910. The molecule has 1 rings (SSSR count). The second kappa shape index (κ2) is 7.20. The highest BCUT2D eigenvalue weighted by molar-refractivity contribution is 7.89. The van der Waals surface area contributed by atoms with Gasteiger partial charge in [0.2, 0.25) is 10.0 Å². The van der Waals surface area contributed by atoms with Crippen molar-refractivity contribution in [2.75, 3.05) is 13.1 Å². The molecule has 0 saturated heterocycles. The normalized spacial score (nSPS) is 12.6. The van der Waals surface area contributed by atoms with E-state index in [9.17, 15) is 8.42 Å². The summed E-state index contributed by atoms with van der Waals surface area (Å²) in [5, 5.41) is 0. The standard InChI is InChI=1S/C15H26N2O2S/c1-4-15(2,3)12-17-20(18,19)14-9-7-13(8-10-14)6-5-11-16/h7-10,17H,4-6,11-12,16H2,1-3H3. The molecular weight excluding hydrogens is 272 g/mol. The van der Waals surface area contributed by atoms with Crippen molar-refractivity contribution in [2.45, 2.75) is 44.9 Å². The zero-order valence-electron chi connectivity index (χ0n) is 12.6. The Labute approximate surface area is 122 Å². The molecule has 0 amide bonds. The minimum atomic E-state index is -3.42. The Kier molecular flexibility index (Phi) is 6.17. The van der Waals surface area contributed by atoms with E-state index in [4.69, 9.17) is 5.73 Å². The Morgan fingerprint density at radius 2 is 1.80 bits per heavy atom. The van der Waals surface area contributed by atoms with Gasteiger partial charge in [-0.15, -0.1) is 0 Å². The summed E-state index contributed by atoms with van der Waals surface area (Å²) in [6.07, 6.45) is 2.72. The van der Waals surface area contributed by atoms with Crippen LogP contribution in [0.3, 0.4) is 0 Å². The molecular formula is C15H26N2O2S. The van der Waals surface area contributed by atoms with Gasteiger partial charge < -0.3 is 5.73 Å². The quantitative estimate of drug-likeness (QED) is 0.773. The summed E-state index contributed by atoms with van der Waals surface area (Å²) < 4.78 is 27.1. The fourth-order valence-electron chi connectivity index (χ4n) is 1.64. The Morgan fingerprint density at radius 1 is 1.20 bits per heavy atom. The van der Waals surface area contributed by atoms with Crippen LogP contribution < -0.4 is 10.5 Å². The first-order valence-electron chi connectivity index (χ1n) is 7.09. The highest BCUT2D eigenvalue weighted by Gasteiger charge is 2.20. The summed E-state index contributed by atoms with van der Waals surface area (Å²) in [5.41, 5.74) is 6.54. The van der Waals surface area contributed by atoms with Crippen LogP contribution in [-0.4, -0.2) is 21.5 Å². The zero-order chi connectivity index (χ0) is 15.2. The van der Waals surface area contributed by atoms with Gasteiger partial charge in [0.15, 0.2) is 0 Å². The number of nitrogens with two attached hydrogens (primary N) is 1. The summed E-state index contributed by atoms with van der Waals surface area (Å²) in [6.45, 7) is 7.24. The average molecular weight is 298 g/mol. The first-order chi connectivity index (χ1) is 9.30. The van der Waals surface area contributed by atoms with Crippen molar-refractivity contribution >= 4 is 10.0 Å². The fraction of sp³-hybridized carbons (Fsp3) is 0.600. The topological polar surface area (TPSA) is 72.2 Å². The Bertz CT molecular complexity index is 507. The third kappa shape index (κ3) is 5.23. The van der Waals surface area contributed by atoms with E-state index in [0.29, 0.717) is 18.0 Å². The molecule has 0 fully saturated rings. The average Bonchev–Trinajstić information content (AvgIpc) is 2.44. The van der Waals surface area contributed by atoms with Gasteiger partial charge in [-0.25, -0.2) is 13.1 Å². The lowest BCUT2D eigenvalue weighted by atomic mass is 9.91. The van der Waals surface area contributed by atoms with Crippen LogP contribution in [0.2, 0.25) is 0 Å². The van der Waals surface area contributed by atoms with Crippen LogP contribution in [0, 0.1) is 5.41 Å². The van der Waals surface area contributed by atoms with Crippen LogP contribution in [0.25, 0.3) is 0 Å². The van der Waals surface area contributed by atoms with Gasteiger partial charge >= 0.3 is 0 Å². The van der Waals surface area contributed by atoms with E-state index >= 15 is 0 Å². The molecule has 0 aliphatic carbocycles. The van der Waals surface area contributed by atoms with Gasteiger partial charge in [-0.3, -0.25) is 0 Å². The molecule has 0 heterocycles. The molecule has 3 N–H and O–H groups in total. The van der Waals surface area contributed by atoms with E-state index in [0.717, 1.165) is 24.8 Å². The number of hydrogen-bond acceptors (Lipinski definition) is 3. The van der Waals surface area contributed by atoms with Crippen LogP contribution in [-0.2, 0) is 16.4 Å². The predicted molar refractivity (Wildman–Crippen MR) is 83.1 cm³/mol. The fourth-order valence-corrected chi connectivity index (χ4v) is 2.88. The maximum absolute atomic E-state index is 12.2. The highest BCUT2D eigenvalue weighted by Crippen LogP contribution is 2.19. The summed E-state index contributed by atoms with van der Waals surface area (Å²) in [4.78, 5) is 0.320. The molecule has 0 unspecified atom stereocenters. The number of aryl methyl sites for hydroxylation is 1. The van der Waals surface area contributed by atoms with Gasteiger partial charge in [0.05, 0.1) is 4.90 Å². The van der Waals surface area contributed by atoms with Gasteiger partial charge in [0.25, 0.3) is 0 Å². The molecule has 0 saturated carbocycles. The lowest BCUT2D eigenvalue weighted by Gasteiger charge is -2.22. The Morgan fingerprint density at radius 3 is 2.30 bits per heavy atom. The molecule has 5 heteroatoms. The zero-order valence-corrected chi connectivity index (χ0v) is 13.5. The molecule has 0 atom stereocenters. The molecule has 1 aromatic rings. The molecule has 0 aliphatic heterocycles. The van der Waals surface area contributed by atoms with E-state index in [1.54, 1.807) is 12.1 Å². The van der Waals surface area contributed by atoms with Crippen LogP contribution in [0.1, 0.15) is 39.2 Å². The number of hydrogen-bond donors (Lipinski definition) is 2. The third-order valence-corrected chi connectivity index (χ3v) is 5.02. The van der Waals surface area contributed by atoms with Gasteiger partial charge in [0.1, 0.15) is 0 Å². The van der Waals surface area contributed by atoms with Crippen molar-refractivity contribution in [3.63, 3.8) is 0 Å². The van der Waals surface area contributed by atoms with E-state index in [1.807, 2.05) is 26.0 Å². The summed E-state index contributed by atoms with van der Waals surface area (Å²) in [5.74, 6) is 0. The Balaban J connectivity index is 2.73. The molecule has 4 nitrogen and oxygen atoms in total. The van der Waals surface area contributed by atoms with Crippen LogP contribution in [0.15, 0.2) is 29.2 Å². The number of nitrogens with one attached hydrogen (secondary N) is 1. The van der Waals surface area contributed by atoms with Crippen molar-refractivity contribution in [1.82, 2.24) is 4.72 Å². The van der Waals surface area contributed by atoms with E-state index in [2.05, 4.69) is 11.6 Å². The van der Waals surface area contributed by atoms with Crippen molar-refractivity contribution in [2.24, 2.45) is 11.1 Å². The van der Waals surface area contributed by atoms with Gasteiger partial charge in [-0.05, 0) is 48.9 Å². The van der Waals surface area contributed by atoms with Crippen molar-refractivity contribution < 1.29 is 8.42 Å². The summed E-state index contributed by atoms with van der Waals surface area (Å²) in [6, 6.07) is 7.03. The summed E-state index contributed by atoms with van der Waals surface area (Å²) >= 11 is 0. The van der Waals surface area contributed by atoms with Gasteiger partial charge in [0, 0.05) is 6.54 Å². The van der Waals surface area contributed by atoms with Crippen molar-refractivity contribution in [1.29, 1.82) is 0 Å². The van der Waals surface area contributed by atoms with Crippen LogP contribution in [0.5, 0.6) is 0 Å². The molecule has 114 valence electrons. The molecule has 0 aliphatic rings. The maximum Gasteiger partial charge on any atom is 0.240 e. The second-order valence-electron chi connectivity index (χ2n) is 5.88. The SMILES string of the molecule is CCC(C)(C)CNS(=O)(=O)c1ccc(CCCN)cc1. The first kappa shape index (κ1) is 17.1. The minimum Gasteiger partial charge on any atom is -0.330 e. The molecule has 0 radical (unpaired) electrons. The lowest BCUT2D eigenvalue weighted by Crippen LogP contribution is -2.33. The molecule has 0 aromatic heterocycles. The van der Waals surface area contributed by atoms with Crippen molar-refractivity contribution in [3.05, 3.63) is 29.8 Å². The van der Waals surface area contributed by atoms with E-state index < -0.39 is 10.0 Å². The summed E-state index contributed by atoms with van der Waals surface area (Å²) in [7, 11) is -3.42. The van der Waals surface area contributed by atoms with E-state index in [1.165, 1.54) is 0 Å². The maximum atomic E-state index is 12.2. The smallest absolute Gasteiger partial charge is 0.240 e. The minimum absolute atomic E-state index is 0.0336.